The molecule has 0 aliphatic rings. The summed E-state index contributed by atoms with van der Waals surface area (Å²) in [4.78, 5) is 0. The molecule has 0 unspecified atom stereocenters. The molecule has 0 amide bonds. The minimum atomic E-state index is -0.427. The first kappa shape index (κ1) is 16.5. The van der Waals surface area contributed by atoms with Crippen molar-refractivity contribution in [1.82, 2.24) is 0 Å². The fraction of sp³-hybridized carbons (Fsp3) is 0.333. The SMILES string of the molecule is CC(C)(CCO)OCc1ccc(F)c(Oc2ccccc2)c1. The Hall–Kier alpha value is -1.91. The van der Waals surface area contributed by atoms with Crippen LogP contribution >= 0.6 is 0 Å². The molecule has 118 valence electrons. The summed E-state index contributed by atoms with van der Waals surface area (Å²) in [6.45, 7) is 4.22. The van der Waals surface area contributed by atoms with E-state index in [4.69, 9.17) is 14.6 Å². The summed E-state index contributed by atoms with van der Waals surface area (Å²) in [5.74, 6) is 0.342. The Bertz CT molecular complexity index is 597. The number of halogens is 1. The quantitative estimate of drug-likeness (QED) is 0.829. The molecule has 1 N–H and O–H groups in total. The number of hydrogen-bond acceptors (Lipinski definition) is 3. The smallest absolute Gasteiger partial charge is 0.165 e. The summed E-state index contributed by atoms with van der Waals surface area (Å²) in [6.07, 6.45) is 0.543. The zero-order valence-electron chi connectivity index (χ0n) is 12.9. The van der Waals surface area contributed by atoms with Gasteiger partial charge in [0.25, 0.3) is 0 Å². The van der Waals surface area contributed by atoms with Crippen molar-refractivity contribution in [2.45, 2.75) is 32.5 Å². The van der Waals surface area contributed by atoms with E-state index in [1.807, 2.05) is 32.0 Å². The first-order chi connectivity index (χ1) is 10.5. The average Bonchev–Trinajstić information content (AvgIpc) is 2.49. The predicted molar refractivity (Wildman–Crippen MR) is 83.5 cm³/mol. The van der Waals surface area contributed by atoms with Crippen LogP contribution in [0.3, 0.4) is 0 Å². The highest BCUT2D eigenvalue weighted by molar-refractivity contribution is 5.35. The molecular weight excluding hydrogens is 283 g/mol. The Kier molecular flexibility index (Phi) is 5.52. The molecule has 0 saturated carbocycles. The molecule has 22 heavy (non-hydrogen) atoms. The molecule has 0 saturated heterocycles. The van der Waals surface area contributed by atoms with Gasteiger partial charge in [0.2, 0.25) is 0 Å². The van der Waals surface area contributed by atoms with Gasteiger partial charge in [-0.05, 0) is 50.1 Å². The van der Waals surface area contributed by atoms with Gasteiger partial charge in [-0.15, -0.1) is 0 Å². The normalized spacial score (nSPS) is 11.5. The average molecular weight is 304 g/mol. The lowest BCUT2D eigenvalue weighted by molar-refractivity contribution is -0.0435. The molecule has 0 aliphatic heterocycles. The summed E-state index contributed by atoms with van der Waals surface area (Å²) >= 11 is 0. The van der Waals surface area contributed by atoms with Crippen LogP contribution in [0.1, 0.15) is 25.8 Å². The third-order valence-electron chi connectivity index (χ3n) is 3.31. The second-order valence-electron chi connectivity index (χ2n) is 5.70. The molecule has 2 aromatic rings. The van der Waals surface area contributed by atoms with Crippen LogP contribution in [-0.4, -0.2) is 17.3 Å². The third-order valence-corrected chi connectivity index (χ3v) is 3.31. The second kappa shape index (κ2) is 7.38. The molecule has 2 aromatic carbocycles. The molecule has 0 aliphatic carbocycles. The largest absolute Gasteiger partial charge is 0.454 e. The Morgan fingerprint density at radius 3 is 2.50 bits per heavy atom. The van der Waals surface area contributed by atoms with Crippen LogP contribution in [0.5, 0.6) is 11.5 Å². The van der Waals surface area contributed by atoms with Gasteiger partial charge in [-0.1, -0.05) is 24.3 Å². The fourth-order valence-electron chi connectivity index (χ4n) is 1.95. The number of hydrogen-bond donors (Lipinski definition) is 1. The highest BCUT2D eigenvalue weighted by atomic mass is 19.1. The van der Waals surface area contributed by atoms with Crippen molar-refractivity contribution in [3.05, 3.63) is 59.9 Å². The summed E-state index contributed by atoms with van der Waals surface area (Å²) in [5, 5.41) is 8.99. The number of ether oxygens (including phenoxy) is 2. The van der Waals surface area contributed by atoms with Gasteiger partial charge in [0, 0.05) is 6.61 Å². The van der Waals surface area contributed by atoms with E-state index in [1.54, 1.807) is 24.3 Å². The monoisotopic (exact) mass is 304 g/mol. The molecule has 0 atom stereocenters. The molecule has 0 bridgehead atoms. The molecule has 4 heteroatoms. The van der Waals surface area contributed by atoms with Gasteiger partial charge in [0.1, 0.15) is 5.75 Å². The zero-order chi connectivity index (χ0) is 16.0. The summed E-state index contributed by atoms with van der Waals surface area (Å²) in [5.41, 5.74) is 0.391. The lowest BCUT2D eigenvalue weighted by Crippen LogP contribution is -2.25. The van der Waals surface area contributed by atoms with Crippen molar-refractivity contribution in [2.75, 3.05) is 6.61 Å². The van der Waals surface area contributed by atoms with Crippen molar-refractivity contribution in [1.29, 1.82) is 0 Å². The van der Waals surface area contributed by atoms with E-state index in [2.05, 4.69) is 0 Å². The van der Waals surface area contributed by atoms with E-state index in [-0.39, 0.29) is 12.4 Å². The van der Waals surface area contributed by atoms with Crippen LogP contribution in [0.2, 0.25) is 0 Å². The number of para-hydroxylation sites is 1. The molecule has 3 nitrogen and oxygen atoms in total. The predicted octanol–water partition coefficient (Wildman–Crippen LogP) is 4.30. The maximum atomic E-state index is 13.9. The van der Waals surface area contributed by atoms with E-state index in [0.717, 1.165) is 5.56 Å². The van der Waals surface area contributed by atoms with Gasteiger partial charge in [-0.3, -0.25) is 0 Å². The maximum Gasteiger partial charge on any atom is 0.165 e. The van der Waals surface area contributed by atoms with Crippen LogP contribution in [0, 0.1) is 5.82 Å². The van der Waals surface area contributed by atoms with Gasteiger partial charge < -0.3 is 14.6 Å². The van der Waals surface area contributed by atoms with E-state index < -0.39 is 11.4 Å². The van der Waals surface area contributed by atoms with Gasteiger partial charge in [-0.2, -0.15) is 0 Å². The second-order valence-corrected chi connectivity index (χ2v) is 5.70. The highest BCUT2D eigenvalue weighted by Crippen LogP contribution is 2.26. The van der Waals surface area contributed by atoms with Crippen LogP contribution in [0.15, 0.2) is 48.5 Å². The minimum absolute atomic E-state index is 0.0682. The maximum absolute atomic E-state index is 13.9. The molecular formula is C18H21FO3. The van der Waals surface area contributed by atoms with Crippen molar-refractivity contribution in [3.8, 4) is 11.5 Å². The van der Waals surface area contributed by atoms with Gasteiger partial charge in [-0.25, -0.2) is 4.39 Å². The fourth-order valence-corrected chi connectivity index (χ4v) is 1.95. The Morgan fingerprint density at radius 1 is 1.09 bits per heavy atom. The molecule has 0 spiro atoms. The zero-order valence-corrected chi connectivity index (χ0v) is 12.9. The number of rotatable bonds is 7. The van der Waals surface area contributed by atoms with E-state index >= 15 is 0 Å². The van der Waals surface area contributed by atoms with Crippen molar-refractivity contribution < 1.29 is 19.0 Å². The van der Waals surface area contributed by atoms with E-state index in [1.165, 1.54) is 6.07 Å². The summed E-state index contributed by atoms with van der Waals surface area (Å²) in [6, 6.07) is 13.8. The third kappa shape index (κ3) is 4.83. The highest BCUT2D eigenvalue weighted by Gasteiger charge is 2.18. The van der Waals surface area contributed by atoms with Gasteiger partial charge >= 0.3 is 0 Å². The molecule has 0 heterocycles. The minimum Gasteiger partial charge on any atom is -0.454 e. The Morgan fingerprint density at radius 2 is 1.82 bits per heavy atom. The van der Waals surface area contributed by atoms with Crippen molar-refractivity contribution >= 4 is 0 Å². The van der Waals surface area contributed by atoms with Crippen molar-refractivity contribution in [2.24, 2.45) is 0 Å². The van der Waals surface area contributed by atoms with Crippen LogP contribution in [-0.2, 0) is 11.3 Å². The topological polar surface area (TPSA) is 38.7 Å². The van der Waals surface area contributed by atoms with Crippen molar-refractivity contribution in [3.63, 3.8) is 0 Å². The first-order valence-electron chi connectivity index (χ1n) is 7.26. The van der Waals surface area contributed by atoms with Crippen LogP contribution < -0.4 is 4.74 Å². The van der Waals surface area contributed by atoms with E-state index in [9.17, 15) is 4.39 Å². The number of benzene rings is 2. The molecule has 0 aromatic heterocycles. The molecule has 0 fully saturated rings. The number of aliphatic hydroxyl groups is 1. The molecule has 0 radical (unpaired) electrons. The van der Waals surface area contributed by atoms with Crippen LogP contribution in [0.25, 0.3) is 0 Å². The Balaban J connectivity index is 2.07. The van der Waals surface area contributed by atoms with E-state index in [0.29, 0.717) is 18.8 Å². The lowest BCUT2D eigenvalue weighted by atomic mass is 10.1. The number of aliphatic hydroxyl groups excluding tert-OH is 1. The van der Waals surface area contributed by atoms with Gasteiger partial charge in [0.15, 0.2) is 11.6 Å². The lowest BCUT2D eigenvalue weighted by Gasteiger charge is -2.24. The summed E-state index contributed by atoms with van der Waals surface area (Å²) < 4.78 is 25.2. The Labute approximate surface area is 130 Å². The van der Waals surface area contributed by atoms with Gasteiger partial charge in [0.05, 0.1) is 12.2 Å². The first-order valence-corrected chi connectivity index (χ1v) is 7.26. The standard InChI is InChI=1S/C18H21FO3/c1-18(2,10-11-20)21-13-14-8-9-16(19)17(12-14)22-15-6-4-3-5-7-15/h3-9,12,20H,10-11,13H2,1-2H3. The summed E-state index contributed by atoms with van der Waals surface area (Å²) in [7, 11) is 0. The molecule has 2 rings (SSSR count). The van der Waals surface area contributed by atoms with Crippen LogP contribution in [0.4, 0.5) is 4.39 Å².